The molecule has 2 heterocycles. The fourth-order valence-corrected chi connectivity index (χ4v) is 1.25. The minimum atomic E-state index is 0.174. The second-order valence-electron chi connectivity index (χ2n) is 3.34. The smallest absolute Gasteiger partial charge is 0.187 e. The van der Waals surface area contributed by atoms with E-state index in [1.54, 1.807) is 24.3 Å². The van der Waals surface area contributed by atoms with Gasteiger partial charge in [-0.1, -0.05) is 6.07 Å². The summed E-state index contributed by atoms with van der Waals surface area (Å²) in [4.78, 5) is 3.86. The van der Waals surface area contributed by atoms with Gasteiger partial charge in [-0.15, -0.1) is 5.11 Å². The molecular formula is C10H11N7O. The molecular weight excluding hydrogens is 234 g/mol. The lowest BCUT2D eigenvalue weighted by Gasteiger charge is -2.04. The number of aromatic nitrogens is 2. The van der Waals surface area contributed by atoms with E-state index in [2.05, 4.69) is 20.6 Å². The Bertz CT molecular complexity index is 634. The summed E-state index contributed by atoms with van der Waals surface area (Å²) in [6.07, 6.45) is 1.45. The van der Waals surface area contributed by atoms with Gasteiger partial charge in [0.1, 0.15) is 0 Å². The molecule has 2 aromatic heterocycles. The Hall–Kier alpha value is -2.90. The van der Waals surface area contributed by atoms with E-state index in [4.69, 9.17) is 11.3 Å². The normalized spacial score (nSPS) is 11.2. The molecule has 5 N–H and O–H groups in total. The first-order valence-corrected chi connectivity index (χ1v) is 5.01. The van der Waals surface area contributed by atoms with Gasteiger partial charge >= 0.3 is 0 Å². The number of nitrogens with two attached hydrogens (primary N) is 1. The van der Waals surface area contributed by atoms with E-state index in [0.29, 0.717) is 11.2 Å². The molecule has 2 aromatic rings. The van der Waals surface area contributed by atoms with Crippen LogP contribution in [0.3, 0.4) is 0 Å². The van der Waals surface area contributed by atoms with Crippen LogP contribution < -0.4 is 16.6 Å². The fourth-order valence-electron chi connectivity index (χ4n) is 1.25. The van der Waals surface area contributed by atoms with E-state index in [1.165, 1.54) is 12.3 Å². The molecule has 0 saturated carbocycles. The number of pyridine rings is 2. The van der Waals surface area contributed by atoms with E-state index in [1.807, 2.05) is 0 Å². The molecule has 0 fully saturated rings. The Balaban J connectivity index is 2.28. The van der Waals surface area contributed by atoms with Crippen molar-refractivity contribution in [3.63, 3.8) is 0 Å². The summed E-state index contributed by atoms with van der Waals surface area (Å²) in [5, 5.41) is 16.6. The zero-order chi connectivity index (χ0) is 13.0. The third-order valence-electron chi connectivity index (χ3n) is 2.13. The average molecular weight is 245 g/mol. The third kappa shape index (κ3) is 2.43. The van der Waals surface area contributed by atoms with Crippen molar-refractivity contribution >= 4 is 17.3 Å². The predicted octanol–water partition coefficient (Wildman–Crippen LogP) is 1.29. The topological polar surface area (TPSA) is 125 Å². The number of nitrogens with one attached hydrogen (secondary N) is 2. The number of hydrogen-bond acceptors (Lipinski definition) is 7. The van der Waals surface area contributed by atoms with Crippen molar-refractivity contribution in [2.45, 2.75) is 0 Å². The highest BCUT2D eigenvalue weighted by molar-refractivity contribution is 5.63. The van der Waals surface area contributed by atoms with E-state index >= 15 is 0 Å². The number of anilines is 2. The van der Waals surface area contributed by atoms with Gasteiger partial charge in [0.15, 0.2) is 17.1 Å². The van der Waals surface area contributed by atoms with Crippen molar-refractivity contribution in [3.8, 4) is 0 Å². The number of hydrogen-bond donors (Lipinski definition) is 4. The Morgan fingerprint density at radius 2 is 2.17 bits per heavy atom. The molecule has 8 heteroatoms. The maximum absolute atomic E-state index is 9.44. The van der Waals surface area contributed by atoms with Crippen LogP contribution in [0.2, 0.25) is 0 Å². The van der Waals surface area contributed by atoms with Crippen LogP contribution in [0.15, 0.2) is 46.7 Å². The molecule has 0 atom stereocenters. The summed E-state index contributed by atoms with van der Waals surface area (Å²) in [6, 6.07) is 8.14. The van der Waals surface area contributed by atoms with Crippen LogP contribution in [0.1, 0.15) is 0 Å². The molecule has 0 radical (unpaired) electrons. The first-order chi connectivity index (χ1) is 8.70. The Morgan fingerprint density at radius 1 is 1.33 bits per heavy atom. The first kappa shape index (κ1) is 11.6. The summed E-state index contributed by atoms with van der Waals surface area (Å²) in [7, 11) is 0. The van der Waals surface area contributed by atoms with E-state index in [9.17, 15) is 5.21 Å². The number of rotatable bonds is 3. The maximum Gasteiger partial charge on any atom is 0.187 e. The summed E-state index contributed by atoms with van der Waals surface area (Å²) in [6.45, 7) is 0. The van der Waals surface area contributed by atoms with Crippen LogP contribution >= 0.6 is 0 Å². The van der Waals surface area contributed by atoms with Crippen LogP contribution in [-0.4, -0.2) is 14.9 Å². The molecule has 0 bridgehead atoms. The zero-order valence-electron chi connectivity index (χ0n) is 9.28. The van der Waals surface area contributed by atoms with Gasteiger partial charge in [0.25, 0.3) is 0 Å². The highest BCUT2D eigenvalue weighted by Gasteiger charge is 2.00. The van der Waals surface area contributed by atoms with Gasteiger partial charge in [-0.05, 0) is 24.3 Å². The van der Waals surface area contributed by atoms with Crippen molar-refractivity contribution in [1.29, 1.82) is 5.53 Å². The summed E-state index contributed by atoms with van der Waals surface area (Å²) in [5.41, 5.74) is 15.9. The van der Waals surface area contributed by atoms with Gasteiger partial charge < -0.3 is 10.9 Å². The van der Waals surface area contributed by atoms with Crippen molar-refractivity contribution < 1.29 is 5.21 Å². The summed E-state index contributed by atoms with van der Waals surface area (Å²) >= 11 is 0. The summed E-state index contributed by atoms with van der Waals surface area (Å²) in [5.74, 6) is 0.391. The summed E-state index contributed by atoms with van der Waals surface area (Å²) < 4.78 is 0.865. The fraction of sp³-hybridized carbons (Fsp3) is 0. The molecule has 2 rings (SSSR count). The highest BCUT2D eigenvalue weighted by Crippen LogP contribution is 2.19. The average Bonchev–Trinajstić information content (AvgIpc) is 2.39. The largest absolute Gasteiger partial charge is 0.427 e. The molecule has 92 valence electrons. The van der Waals surface area contributed by atoms with Crippen LogP contribution in [-0.2, 0) is 0 Å². The van der Waals surface area contributed by atoms with Crippen LogP contribution in [0.5, 0.6) is 0 Å². The van der Waals surface area contributed by atoms with Gasteiger partial charge in [-0.25, -0.2) is 10.5 Å². The molecule has 0 unspecified atom stereocenters. The van der Waals surface area contributed by atoms with Gasteiger partial charge in [0.05, 0.1) is 5.69 Å². The SMILES string of the molecule is N=Nc1ccc(NN=c2ccccn2O)c(N)n1. The molecule has 8 nitrogen and oxygen atoms in total. The molecule has 0 aromatic carbocycles. The molecule has 0 spiro atoms. The van der Waals surface area contributed by atoms with Crippen molar-refractivity contribution in [2.24, 2.45) is 10.2 Å². The third-order valence-corrected chi connectivity index (χ3v) is 2.13. The molecule has 0 aliphatic carbocycles. The van der Waals surface area contributed by atoms with E-state index in [0.717, 1.165) is 4.73 Å². The molecule has 18 heavy (non-hydrogen) atoms. The van der Waals surface area contributed by atoms with Crippen LogP contribution in [0.25, 0.3) is 0 Å². The van der Waals surface area contributed by atoms with Gasteiger partial charge in [-0.3, -0.25) is 5.43 Å². The Kier molecular flexibility index (Phi) is 3.19. The monoisotopic (exact) mass is 245 g/mol. The Labute approximate surface area is 102 Å². The quantitative estimate of drug-likeness (QED) is 0.369. The van der Waals surface area contributed by atoms with Gasteiger partial charge in [-0.2, -0.15) is 9.83 Å². The lowest BCUT2D eigenvalue weighted by molar-refractivity contribution is 0.172. The minimum Gasteiger partial charge on any atom is -0.427 e. The van der Waals surface area contributed by atoms with Crippen molar-refractivity contribution in [3.05, 3.63) is 42.0 Å². The van der Waals surface area contributed by atoms with E-state index in [-0.39, 0.29) is 11.6 Å². The second kappa shape index (κ2) is 4.95. The molecule has 0 aliphatic rings. The Morgan fingerprint density at radius 3 is 2.83 bits per heavy atom. The van der Waals surface area contributed by atoms with E-state index < -0.39 is 0 Å². The van der Waals surface area contributed by atoms with Gasteiger partial charge in [0, 0.05) is 6.20 Å². The molecule has 0 aliphatic heterocycles. The molecule has 0 amide bonds. The molecule has 0 saturated heterocycles. The van der Waals surface area contributed by atoms with Crippen molar-refractivity contribution in [2.75, 3.05) is 11.2 Å². The van der Waals surface area contributed by atoms with Crippen LogP contribution in [0, 0.1) is 5.53 Å². The predicted molar refractivity (Wildman–Crippen MR) is 64.3 cm³/mol. The minimum absolute atomic E-state index is 0.174. The van der Waals surface area contributed by atoms with Crippen LogP contribution in [0.4, 0.5) is 17.3 Å². The number of nitrogen functional groups attached to an aromatic ring is 1. The van der Waals surface area contributed by atoms with Gasteiger partial charge in [0.2, 0.25) is 0 Å². The first-order valence-electron chi connectivity index (χ1n) is 5.01. The zero-order valence-corrected chi connectivity index (χ0v) is 9.28. The maximum atomic E-state index is 9.44. The number of nitrogens with zero attached hydrogens (tertiary/aromatic N) is 4. The van der Waals surface area contributed by atoms with Crippen molar-refractivity contribution in [1.82, 2.24) is 9.71 Å². The lowest BCUT2D eigenvalue weighted by Crippen LogP contribution is -2.18. The standard InChI is InChI=1S/C10H11N7O/c11-10-7(4-5-8(13-10)14-12)15-16-9-3-1-2-6-17(9)18/h1-6,12,15,18H,(H2,11,13). The lowest BCUT2D eigenvalue weighted by atomic mass is 10.4. The second-order valence-corrected chi connectivity index (χ2v) is 3.34. The highest BCUT2D eigenvalue weighted by atomic mass is 16.5.